The normalized spacial score (nSPS) is 14.2. The second kappa shape index (κ2) is 8.33. The molecule has 0 fully saturated rings. The molecule has 0 atom stereocenters. The summed E-state index contributed by atoms with van der Waals surface area (Å²) in [4.78, 5) is 28.5. The number of carbonyl (C=O) groups is 2. The number of imide groups is 1. The number of hydrogen-bond acceptors (Lipinski definition) is 5. The van der Waals surface area contributed by atoms with Crippen molar-refractivity contribution < 1.29 is 19.1 Å². The van der Waals surface area contributed by atoms with Gasteiger partial charge in [-0.05, 0) is 42.7 Å². The number of amides is 2. The van der Waals surface area contributed by atoms with Crippen LogP contribution >= 0.6 is 11.8 Å². The van der Waals surface area contributed by atoms with Crippen LogP contribution in [0.25, 0.3) is 5.57 Å². The minimum atomic E-state index is -0.354. The maximum Gasteiger partial charge on any atom is 0.272 e. The highest BCUT2D eigenvalue weighted by Crippen LogP contribution is 2.43. The standard InChI is InChI=1S/C23H25NO4S/c1-13(2)29-21-20(16-8-7-14(3)15(4)11-16)22(25)24(23(21)26)18-12-17(27-5)9-10-19(18)28-6/h7-13H,1-6H3. The molecule has 0 radical (unpaired) electrons. The number of rotatable bonds is 6. The van der Waals surface area contributed by atoms with E-state index in [2.05, 4.69) is 0 Å². The predicted molar refractivity (Wildman–Crippen MR) is 118 cm³/mol. The lowest BCUT2D eigenvalue weighted by atomic mass is 10.0. The highest BCUT2D eigenvalue weighted by Gasteiger charge is 2.41. The maximum atomic E-state index is 13.5. The van der Waals surface area contributed by atoms with Crippen molar-refractivity contribution in [3.05, 3.63) is 58.0 Å². The molecule has 0 N–H and O–H groups in total. The Morgan fingerprint density at radius 2 is 1.62 bits per heavy atom. The molecule has 2 amide bonds. The lowest BCUT2D eigenvalue weighted by Crippen LogP contribution is -2.31. The van der Waals surface area contributed by atoms with Crippen molar-refractivity contribution in [2.45, 2.75) is 32.9 Å². The second-order valence-corrected chi connectivity index (χ2v) is 8.74. The van der Waals surface area contributed by atoms with Crippen LogP contribution < -0.4 is 14.4 Å². The Bertz CT molecular complexity index is 1010. The summed E-state index contributed by atoms with van der Waals surface area (Å²) in [6.45, 7) is 8.02. The van der Waals surface area contributed by atoms with Crippen LogP contribution in [0.15, 0.2) is 41.3 Å². The Morgan fingerprint density at radius 3 is 2.21 bits per heavy atom. The van der Waals surface area contributed by atoms with Gasteiger partial charge in [-0.2, -0.15) is 0 Å². The quantitative estimate of drug-likeness (QED) is 0.642. The molecule has 1 aliphatic heterocycles. The summed E-state index contributed by atoms with van der Waals surface area (Å²) in [5, 5.41) is 0.149. The summed E-state index contributed by atoms with van der Waals surface area (Å²) in [7, 11) is 3.05. The Balaban J connectivity index is 2.17. The van der Waals surface area contributed by atoms with Crippen LogP contribution in [0, 0.1) is 13.8 Å². The smallest absolute Gasteiger partial charge is 0.272 e. The average molecular weight is 412 g/mol. The summed E-state index contributed by atoms with van der Waals surface area (Å²) >= 11 is 1.40. The van der Waals surface area contributed by atoms with Crippen LogP contribution in [0.2, 0.25) is 0 Å². The number of carbonyl (C=O) groups excluding carboxylic acids is 2. The summed E-state index contributed by atoms with van der Waals surface area (Å²) in [6.07, 6.45) is 0. The number of aryl methyl sites for hydroxylation is 2. The van der Waals surface area contributed by atoms with E-state index >= 15 is 0 Å². The van der Waals surface area contributed by atoms with Crippen molar-refractivity contribution in [2.75, 3.05) is 19.1 Å². The first-order valence-electron chi connectivity index (χ1n) is 9.37. The lowest BCUT2D eigenvalue weighted by molar-refractivity contribution is -0.119. The maximum absolute atomic E-state index is 13.5. The van der Waals surface area contributed by atoms with Crippen LogP contribution in [-0.2, 0) is 9.59 Å². The van der Waals surface area contributed by atoms with E-state index < -0.39 is 0 Å². The van der Waals surface area contributed by atoms with Gasteiger partial charge in [0.05, 0.1) is 30.4 Å². The van der Waals surface area contributed by atoms with Crippen molar-refractivity contribution in [1.29, 1.82) is 0 Å². The molecule has 0 bridgehead atoms. The van der Waals surface area contributed by atoms with Gasteiger partial charge < -0.3 is 9.47 Å². The number of hydrogen-bond donors (Lipinski definition) is 0. The predicted octanol–water partition coefficient (Wildman–Crippen LogP) is 4.75. The van der Waals surface area contributed by atoms with Gasteiger partial charge in [-0.25, -0.2) is 4.90 Å². The van der Waals surface area contributed by atoms with E-state index in [0.717, 1.165) is 16.7 Å². The number of thioether (sulfide) groups is 1. The van der Waals surface area contributed by atoms with E-state index in [9.17, 15) is 9.59 Å². The van der Waals surface area contributed by atoms with Gasteiger partial charge in [-0.15, -0.1) is 11.8 Å². The summed E-state index contributed by atoms with van der Waals surface area (Å²) in [5.74, 6) is 0.281. The van der Waals surface area contributed by atoms with Gasteiger partial charge in [-0.1, -0.05) is 32.0 Å². The van der Waals surface area contributed by atoms with Crippen LogP contribution in [-0.4, -0.2) is 31.3 Å². The topological polar surface area (TPSA) is 55.8 Å². The fourth-order valence-corrected chi connectivity index (χ4v) is 4.18. The van der Waals surface area contributed by atoms with Crippen LogP contribution in [0.3, 0.4) is 0 Å². The Hall–Kier alpha value is -2.73. The van der Waals surface area contributed by atoms with E-state index in [1.54, 1.807) is 18.2 Å². The Morgan fingerprint density at radius 1 is 0.897 bits per heavy atom. The van der Waals surface area contributed by atoms with Crippen molar-refractivity contribution in [2.24, 2.45) is 0 Å². The van der Waals surface area contributed by atoms with Crippen LogP contribution in [0.1, 0.15) is 30.5 Å². The third-order valence-electron chi connectivity index (χ3n) is 4.82. The average Bonchev–Trinajstić information content (AvgIpc) is 2.92. The highest BCUT2D eigenvalue weighted by atomic mass is 32.2. The van der Waals surface area contributed by atoms with E-state index in [1.165, 1.54) is 30.9 Å². The molecule has 6 heteroatoms. The first-order chi connectivity index (χ1) is 13.8. The highest BCUT2D eigenvalue weighted by molar-refractivity contribution is 8.04. The molecule has 2 aromatic rings. The largest absolute Gasteiger partial charge is 0.497 e. The summed E-state index contributed by atoms with van der Waals surface area (Å²) in [5.41, 5.74) is 3.76. The summed E-state index contributed by atoms with van der Waals surface area (Å²) < 4.78 is 10.7. The molecule has 0 saturated heterocycles. The molecule has 0 saturated carbocycles. The van der Waals surface area contributed by atoms with Crippen LogP contribution in [0.5, 0.6) is 11.5 Å². The van der Waals surface area contributed by atoms with E-state index in [-0.39, 0.29) is 17.1 Å². The monoisotopic (exact) mass is 411 g/mol. The molecule has 0 unspecified atom stereocenters. The van der Waals surface area contributed by atoms with Crippen molar-refractivity contribution >= 4 is 34.8 Å². The molecular weight excluding hydrogens is 386 g/mol. The van der Waals surface area contributed by atoms with E-state index in [4.69, 9.17) is 9.47 Å². The lowest BCUT2D eigenvalue weighted by Gasteiger charge is -2.19. The molecule has 2 aromatic carbocycles. The molecule has 5 nitrogen and oxygen atoms in total. The van der Waals surface area contributed by atoms with Crippen LogP contribution in [0.4, 0.5) is 5.69 Å². The summed E-state index contributed by atoms with van der Waals surface area (Å²) in [6, 6.07) is 10.9. The fourth-order valence-electron chi connectivity index (χ4n) is 3.20. The van der Waals surface area contributed by atoms with Gasteiger partial charge in [0, 0.05) is 11.3 Å². The third kappa shape index (κ3) is 3.90. The molecule has 0 aliphatic carbocycles. The van der Waals surface area contributed by atoms with Crippen molar-refractivity contribution in [1.82, 2.24) is 0 Å². The minimum Gasteiger partial charge on any atom is -0.497 e. The second-order valence-electron chi connectivity index (χ2n) is 7.15. The zero-order valence-corrected chi connectivity index (χ0v) is 18.3. The molecule has 29 heavy (non-hydrogen) atoms. The van der Waals surface area contributed by atoms with Crippen molar-refractivity contribution in [3.8, 4) is 11.5 Å². The molecule has 0 aromatic heterocycles. The molecule has 152 valence electrons. The van der Waals surface area contributed by atoms with E-state index in [1.807, 2.05) is 45.9 Å². The van der Waals surface area contributed by atoms with Gasteiger partial charge in [0.25, 0.3) is 11.8 Å². The molecule has 1 aliphatic rings. The molecular formula is C23H25NO4S. The first-order valence-corrected chi connectivity index (χ1v) is 10.3. The van der Waals surface area contributed by atoms with E-state index in [0.29, 0.717) is 27.7 Å². The van der Waals surface area contributed by atoms with Gasteiger partial charge in [-0.3, -0.25) is 9.59 Å². The number of nitrogens with zero attached hydrogens (tertiary/aromatic N) is 1. The number of methoxy groups -OCH3 is 2. The Labute approximate surface area is 175 Å². The SMILES string of the molecule is COc1ccc(OC)c(N2C(=O)C(SC(C)C)=C(c3ccc(C)c(C)c3)C2=O)c1. The van der Waals surface area contributed by atoms with Gasteiger partial charge >= 0.3 is 0 Å². The molecule has 1 heterocycles. The first kappa shape index (κ1) is 21.0. The number of anilines is 1. The van der Waals surface area contributed by atoms with Crippen molar-refractivity contribution in [3.63, 3.8) is 0 Å². The van der Waals surface area contributed by atoms with Gasteiger partial charge in [0.15, 0.2) is 0 Å². The zero-order valence-electron chi connectivity index (χ0n) is 17.5. The van der Waals surface area contributed by atoms with Gasteiger partial charge in [0.2, 0.25) is 0 Å². The fraction of sp³-hybridized carbons (Fsp3) is 0.304. The minimum absolute atomic E-state index is 0.149. The Kier molecular flexibility index (Phi) is 6.03. The molecule has 3 rings (SSSR count). The number of benzene rings is 2. The van der Waals surface area contributed by atoms with Gasteiger partial charge in [0.1, 0.15) is 11.5 Å². The molecule has 0 spiro atoms. The zero-order chi connectivity index (χ0) is 21.3. The number of ether oxygens (including phenoxy) is 2. The third-order valence-corrected chi connectivity index (χ3v) is 5.90.